The van der Waals surface area contributed by atoms with Crippen molar-refractivity contribution in [2.24, 2.45) is 5.73 Å². The van der Waals surface area contributed by atoms with E-state index in [1.807, 2.05) is 0 Å². The van der Waals surface area contributed by atoms with Crippen LogP contribution in [0.4, 0.5) is 0 Å². The monoisotopic (exact) mass is 423 g/mol. The zero-order chi connectivity index (χ0) is 22.2. The second-order valence-corrected chi connectivity index (χ2v) is 10.3. The summed E-state index contributed by atoms with van der Waals surface area (Å²) in [6.45, 7) is 6.90. The van der Waals surface area contributed by atoms with Crippen LogP contribution in [-0.2, 0) is 0 Å². The second-order valence-electron chi connectivity index (χ2n) is 10.3. The SMILES string of the molecule is CCCCCCCCCCCCCCCCC(N)(CC)CCCCCCCCCC. The molecule has 0 saturated carbocycles. The van der Waals surface area contributed by atoms with Gasteiger partial charge in [0.15, 0.2) is 0 Å². The number of nitrogens with two attached hydrogens (primary N) is 1. The Bertz CT molecular complexity index is 313. The van der Waals surface area contributed by atoms with Crippen LogP contribution < -0.4 is 5.73 Å². The van der Waals surface area contributed by atoms with Crippen LogP contribution in [0.1, 0.15) is 181 Å². The molecule has 0 radical (unpaired) electrons. The van der Waals surface area contributed by atoms with E-state index in [1.165, 1.54) is 154 Å². The van der Waals surface area contributed by atoms with Gasteiger partial charge >= 0.3 is 0 Å². The number of rotatable bonds is 25. The van der Waals surface area contributed by atoms with Gasteiger partial charge in [-0.05, 0) is 19.3 Å². The first kappa shape index (κ1) is 30.0. The highest BCUT2D eigenvalue weighted by Crippen LogP contribution is 2.24. The zero-order valence-electron chi connectivity index (χ0n) is 21.8. The third-order valence-electron chi connectivity index (χ3n) is 7.26. The van der Waals surface area contributed by atoms with E-state index < -0.39 is 0 Å². The molecular formula is C29H61N. The highest BCUT2D eigenvalue weighted by Gasteiger charge is 2.21. The Hall–Kier alpha value is -0.0400. The van der Waals surface area contributed by atoms with Gasteiger partial charge in [-0.1, -0.05) is 162 Å². The summed E-state index contributed by atoms with van der Waals surface area (Å²) >= 11 is 0. The van der Waals surface area contributed by atoms with E-state index in [9.17, 15) is 0 Å². The Morgan fingerprint density at radius 2 is 0.600 bits per heavy atom. The lowest BCUT2D eigenvalue weighted by Crippen LogP contribution is -2.38. The van der Waals surface area contributed by atoms with Gasteiger partial charge in [0.05, 0.1) is 0 Å². The molecule has 0 aliphatic rings. The van der Waals surface area contributed by atoms with E-state index in [-0.39, 0.29) is 5.54 Å². The van der Waals surface area contributed by atoms with Gasteiger partial charge in [-0.15, -0.1) is 0 Å². The molecule has 0 aromatic carbocycles. The molecule has 0 rings (SSSR count). The topological polar surface area (TPSA) is 26.0 Å². The lowest BCUT2D eigenvalue weighted by molar-refractivity contribution is 0.324. The minimum Gasteiger partial charge on any atom is -0.325 e. The van der Waals surface area contributed by atoms with E-state index in [2.05, 4.69) is 20.8 Å². The first-order valence-electron chi connectivity index (χ1n) is 14.5. The van der Waals surface area contributed by atoms with Crippen molar-refractivity contribution in [1.82, 2.24) is 0 Å². The molecule has 0 spiro atoms. The Kier molecular flexibility index (Phi) is 23.6. The quantitative estimate of drug-likeness (QED) is 0.145. The summed E-state index contributed by atoms with van der Waals surface area (Å²) in [6.07, 6.45) is 35.0. The molecule has 0 heterocycles. The van der Waals surface area contributed by atoms with Gasteiger partial charge in [0, 0.05) is 5.54 Å². The predicted molar refractivity (Wildman–Crippen MR) is 139 cm³/mol. The molecule has 1 unspecified atom stereocenters. The highest BCUT2D eigenvalue weighted by atomic mass is 14.7. The molecule has 1 nitrogen and oxygen atoms in total. The maximum atomic E-state index is 6.72. The maximum absolute atomic E-state index is 6.72. The van der Waals surface area contributed by atoms with Gasteiger partial charge in [-0.25, -0.2) is 0 Å². The Labute approximate surface area is 192 Å². The van der Waals surface area contributed by atoms with Gasteiger partial charge in [-0.3, -0.25) is 0 Å². The predicted octanol–water partition coefficient (Wildman–Crippen LogP) is 10.5. The molecule has 0 aromatic rings. The molecule has 0 aromatic heterocycles. The van der Waals surface area contributed by atoms with E-state index in [4.69, 9.17) is 5.73 Å². The van der Waals surface area contributed by atoms with Crippen molar-refractivity contribution in [1.29, 1.82) is 0 Å². The minimum absolute atomic E-state index is 0.124. The first-order chi connectivity index (χ1) is 14.7. The third-order valence-corrected chi connectivity index (χ3v) is 7.26. The van der Waals surface area contributed by atoms with E-state index in [0.29, 0.717) is 0 Å². The van der Waals surface area contributed by atoms with Crippen molar-refractivity contribution in [3.05, 3.63) is 0 Å². The van der Waals surface area contributed by atoms with Crippen LogP contribution in [0.2, 0.25) is 0 Å². The molecule has 2 N–H and O–H groups in total. The molecule has 0 bridgehead atoms. The molecule has 0 amide bonds. The summed E-state index contributed by atoms with van der Waals surface area (Å²) in [4.78, 5) is 0. The largest absolute Gasteiger partial charge is 0.325 e. The molecule has 1 atom stereocenters. The van der Waals surface area contributed by atoms with Crippen LogP contribution >= 0.6 is 0 Å². The van der Waals surface area contributed by atoms with Crippen LogP contribution in [0.5, 0.6) is 0 Å². The summed E-state index contributed by atoms with van der Waals surface area (Å²) < 4.78 is 0. The fraction of sp³-hybridized carbons (Fsp3) is 1.00. The molecule has 1 heteroatoms. The summed E-state index contributed by atoms with van der Waals surface area (Å²) in [6, 6.07) is 0. The summed E-state index contributed by atoms with van der Waals surface area (Å²) in [5.74, 6) is 0. The van der Waals surface area contributed by atoms with Crippen LogP contribution in [0.15, 0.2) is 0 Å². The highest BCUT2D eigenvalue weighted by molar-refractivity contribution is 4.82. The minimum atomic E-state index is 0.124. The Morgan fingerprint density at radius 3 is 0.833 bits per heavy atom. The second kappa shape index (κ2) is 23.6. The van der Waals surface area contributed by atoms with Crippen LogP contribution in [0.3, 0.4) is 0 Å². The van der Waals surface area contributed by atoms with E-state index >= 15 is 0 Å². The molecule has 0 fully saturated rings. The molecule has 0 aliphatic heterocycles. The average Bonchev–Trinajstić information content (AvgIpc) is 2.76. The average molecular weight is 424 g/mol. The normalized spacial score (nSPS) is 13.6. The lowest BCUT2D eigenvalue weighted by atomic mass is 9.85. The molecule has 30 heavy (non-hydrogen) atoms. The van der Waals surface area contributed by atoms with Gasteiger partial charge in [0.1, 0.15) is 0 Å². The van der Waals surface area contributed by atoms with Crippen molar-refractivity contribution in [2.75, 3.05) is 0 Å². The maximum Gasteiger partial charge on any atom is 0.0151 e. The van der Waals surface area contributed by atoms with Gasteiger partial charge in [0.2, 0.25) is 0 Å². The number of hydrogen-bond acceptors (Lipinski definition) is 1. The molecule has 0 saturated heterocycles. The summed E-state index contributed by atoms with van der Waals surface area (Å²) in [5, 5.41) is 0. The number of hydrogen-bond donors (Lipinski definition) is 1. The standard InChI is InChI=1S/C29H61N/c1-4-7-9-11-13-15-16-17-18-19-20-22-24-26-28-29(30,6-3)27-25-23-21-14-12-10-8-5-2/h4-28,30H2,1-3H3. The van der Waals surface area contributed by atoms with Crippen LogP contribution in [0.25, 0.3) is 0 Å². The van der Waals surface area contributed by atoms with Gasteiger partial charge in [-0.2, -0.15) is 0 Å². The van der Waals surface area contributed by atoms with E-state index in [1.54, 1.807) is 0 Å². The molecule has 182 valence electrons. The van der Waals surface area contributed by atoms with Gasteiger partial charge < -0.3 is 5.73 Å². The van der Waals surface area contributed by atoms with Crippen molar-refractivity contribution in [3.63, 3.8) is 0 Å². The first-order valence-corrected chi connectivity index (χ1v) is 14.5. The van der Waals surface area contributed by atoms with Crippen molar-refractivity contribution < 1.29 is 0 Å². The van der Waals surface area contributed by atoms with Crippen molar-refractivity contribution >= 4 is 0 Å². The summed E-state index contributed by atoms with van der Waals surface area (Å²) in [7, 11) is 0. The van der Waals surface area contributed by atoms with Gasteiger partial charge in [0.25, 0.3) is 0 Å². The molecular weight excluding hydrogens is 362 g/mol. The third kappa shape index (κ3) is 21.2. The summed E-state index contributed by atoms with van der Waals surface area (Å²) in [5.41, 5.74) is 6.85. The number of unbranched alkanes of at least 4 members (excludes halogenated alkanes) is 20. The van der Waals surface area contributed by atoms with Crippen molar-refractivity contribution in [2.45, 2.75) is 187 Å². The van der Waals surface area contributed by atoms with E-state index in [0.717, 1.165) is 6.42 Å². The Balaban J connectivity index is 3.42. The molecule has 0 aliphatic carbocycles. The lowest BCUT2D eigenvalue weighted by Gasteiger charge is -2.28. The fourth-order valence-electron chi connectivity index (χ4n) is 4.76. The zero-order valence-corrected chi connectivity index (χ0v) is 21.8. The van der Waals surface area contributed by atoms with Crippen LogP contribution in [0, 0.1) is 0 Å². The fourth-order valence-corrected chi connectivity index (χ4v) is 4.76. The van der Waals surface area contributed by atoms with Crippen LogP contribution in [-0.4, -0.2) is 5.54 Å². The smallest absolute Gasteiger partial charge is 0.0151 e. The van der Waals surface area contributed by atoms with Crippen molar-refractivity contribution in [3.8, 4) is 0 Å². The Morgan fingerprint density at radius 1 is 0.367 bits per heavy atom.